The van der Waals surface area contributed by atoms with E-state index in [1.165, 1.54) is 12.5 Å². The number of para-hydroxylation sites is 1. The molecule has 0 aliphatic rings. The first-order chi connectivity index (χ1) is 10.6. The lowest BCUT2D eigenvalue weighted by molar-refractivity contribution is 0.0972. The molecule has 0 radical (unpaired) electrons. The maximum Gasteiger partial charge on any atom is 0.276 e. The number of hydrogen-bond donors (Lipinski definition) is 3. The van der Waals surface area contributed by atoms with E-state index in [-0.39, 0.29) is 17.6 Å². The molecule has 0 bridgehead atoms. The number of aromatic nitrogens is 4. The summed E-state index contributed by atoms with van der Waals surface area (Å²) in [4.78, 5) is 30.8. The minimum absolute atomic E-state index is 0.0886. The second-order valence-corrected chi connectivity index (χ2v) is 4.54. The summed E-state index contributed by atoms with van der Waals surface area (Å²) in [5.74, 6) is -0.329. The van der Waals surface area contributed by atoms with E-state index in [0.717, 1.165) is 16.6 Å². The third-order valence-electron chi connectivity index (χ3n) is 2.99. The third-order valence-corrected chi connectivity index (χ3v) is 2.99. The summed E-state index contributed by atoms with van der Waals surface area (Å²) in [5, 5.41) is 3.38. The van der Waals surface area contributed by atoms with Crippen molar-refractivity contribution in [1.82, 2.24) is 25.3 Å². The second-order valence-electron chi connectivity index (χ2n) is 4.54. The van der Waals surface area contributed by atoms with Crippen LogP contribution in [0.15, 0.2) is 41.8 Å². The zero-order valence-electron chi connectivity index (χ0n) is 11.7. The molecule has 3 rings (SSSR count). The average Bonchev–Trinajstić information content (AvgIpc) is 3.01. The Hall–Kier alpha value is -3.29. The van der Waals surface area contributed by atoms with E-state index in [2.05, 4.69) is 30.2 Å². The van der Waals surface area contributed by atoms with Gasteiger partial charge in [0, 0.05) is 5.39 Å². The summed E-state index contributed by atoms with van der Waals surface area (Å²) >= 11 is 0. The van der Waals surface area contributed by atoms with Gasteiger partial charge in [-0.1, -0.05) is 18.2 Å². The number of benzene rings is 1. The molecule has 0 saturated carbocycles. The Morgan fingerprint density at radius 3 is 2.91 bits per heavy atom. The van der Waals surface area contributed by atoms with Gasteiger partial charge in [0.15, 0.2) is 0 Å². The van der Waals surface area contributed by atoms with Gasteiger partial charge in [-0.05, 0) is 13.0 Å². The van der Waals surface area contributed by atoms with Crippen LogP contribution in [0.3, 0.4) is 0 Å². The third kappa shape index (κ3) is 2.75. The molecular formula is C14H13N7O. The summed E-state index contributed by atoms with van der Waals surface area (Å²) in [5.41, 5.74) is 7.55. The minimum Gasteiger partial charge on any atom is -0.369 e. The van der Waals surface area contributed by atoms with Crippen LogP contribution in [0.4, 0.5) is 5.95 Å². The predicted molar refractivity (Wildman–Crippen MR) is 81.6 cm³/mol. The number of imidazole rings is 1. The van der Waals surface area contributed by atoms with Crippen LogP contribution in [0.1, 0.15) is 16.2 Å². The van der Waals surface area contributed by atoms with Gasteiger partial charge in [-0.25, -0.2) is 15.0 Å². The molecule has 0 saturated heterocycles. The summed E-state index contributed by atoms with van der Waals surface area (Å²) in [7, 11) is 0. The molecular weight excluding hydrogens is 282 g/mol. The SMILES string of the molecule is Cc1nc(N=C(N)NC(=O)c2cnc[nH]2)nc2ccccc12. The fourth-order valence-electron chi connectivity index (χ4n) is 1.97. The maximum atomic E-state index is 11.8. The lowest BCUT2D eigenvalue weighted by Crippen LogP contribution is -2.36. The topological polar surface area (TPSA) is 122 Å². The first-order valence-corrected chi connectivity index (χ1v) is 6.51. The van der Waals surface area contributed by atoms with E-state index in [4.69, 9.17) is 5.73 Å². The quantitative estimate of drug-likeness (QED) is 0.481. The fourth-order valence-corrected chi connectivity index (χ4v) is 1.97. The van der Waals surface area contributed by atoms with E-state index in [1.807, 2.05) is 31.2 Å². The second kappa shape index (κ2) is 5.60. The van der Waals surface area contributed by atoms with Crippen molar-refractivity contribution in [2.75, 3.05) is 0 Å². The zero-order chi connectivity index (χ0) is 15.5. The Morgan fingerprint density at radius 2 is 2.14 bits per heavy atom. The Kier molecular flexibility index (Phi) is 3.48. The van der Waals surface area contributed by atoms with Gasteiger partial charge >= 0.3 is 0 Å². The molecule has 1 aromatic carbocycles. The number of aliphatic imine (C=N–C) groups is 1. The largest absolute Gasteiger partial charge is 0.369 e. The molecule has 8 heteroatoms. The fraction of sp³-hybridized carbons (Fsp3) is 0.0714. The molecule has 110 valence electrons. The highest BCUT2D eigenvalue weighted by atomic mass is 16.2. The van der Waals surface area contributed by atoms with Crippen molar-refractivity contribution in [1.29, 1.82) is 0 Å². The molecule has 0 aliphatic heterocycles. The average molecular weight is 295 g/mol. The van der Waals surface area contributed by atoms with Crippen LogP contribution >= 0.6 is 0 Å². The highest BCUT2D eigenvalue weighted by Crippen LogP contribution is 2.17. The zero-order valence-corrected chi connectivity index (χ0v) is 11.7. The summed E-state index contributed by atoms with van der Waals surface area (Å²) in [6, 6.07) is 7.59. The molecule has 0 fully saturated rings. The van der Waals surface area contributed by atoms with Crippen molar-refractivity contribution in [2.45, 2.75) is 6.92 Å². The number of aromatic amines is 1. The number of aryl methyl sites for hydroxylation is 1. The lowest BCUT2D eigenvalue weighted by Gasteiger charge is -2.04. The Bertz CT molecular complexity index is 855. The number of carbonyl (C=O) groups excluding carboxylic acids is 1. The Labute approximate surface area is 125 Å². The molecule has 2 heterocycles. The smallest absolute Gasteiger partial charge is 0.276 e. The normalized spacial score (nSPS) is 11.6. The maximum absolute atomic E-state index is 11.8. The highest BCUT2D eigenvalue weighted by molar-refractivity contribution is 6.04. The number of hydrogen-bond acceptors (Lipinski definition) is 5. The Balaban J connectivity index is 1.86. The van der Waals surface area contributed by atoms with Gasteiger partial charge in [0.25, 0.3) is 11.9 Å². The molecule has 8 nitrogen and oxygen atoms in total. The number of rotatable bonds is 2. The standard InChI is InChI=1S/C14H13N7O/c1-8-9-4-2-3-5-10(9)19-14(18-8)21-13(15)20-12(22)11-6-16-7-17-11/h2-7H,1H3,(H,16,17)(H3,15,18,19,20,21,22). The number of carbonyl (C=O) groups is 1. The van der Waals surface area contributed by atoms with Gasteiger partial charge in [0.1, 0.15) is 5.69 Å². The van der Waals surface area contributed by atoms with Gasteiger partial charge in [-0.15, -0.1) is 0 Å². The summed E-state index contributed by atoms with van der Waals surface area (Å²) in [6.45, 7) is 1.86. The van der Waals surface area contributed by atoms with Crippen molar-refractivity contribution >= 4 is 28.7 Å². The number of guanidine groups is 1. The van der Waals surface area contributed by atoms with Crippen molar-refractivity contribution in [3.05, 3.63) is 48.2 Å². The molecule has 0 atom stereocenters. The van der Waals surface area contributed by atoms with Crippen LogP contribution in [-0.4, -0.2) is 31.8 Å². The molecule has 0 spiro atoms. The van der Waals surface area contributed by atoms with E-state index in [0.29, 0.717) is 0 Å². The van der Waals surface area contributed by atoms with Gasteiger partial charge in [0.05, 0.1) is 23.7 Å². The van der Waals surface area contributed by atoms with Gasteiger partial charge in [-0.3, -0.25) is 10.1 Å². The van der Waals surface area contributed by atoms with Crippen LogP contribution in [0, 0.1) is 6.92 Å². The number of amides is 1. The van der Waals surface area contributed by atoms with Crippen LogP contribution in [-0.2, 0) is 0 Å². The number of nitrogens with two attached hydrogens (primary N) is 1. The van der Waals surface area contributed by atoms with Gasteiger partial charge in [-0.2, -0.15) is 4.99 Å². The van der Waals surface area contributed by atoms with Gasteiger partial charge in [0.2, 0.25) is 5.96 Å². The van der Waals surface area contributed by atoms with E-state index >= 15 is 0 Å². The van der Waals surface area contributed by atoms with Gasteiger partial charge < -0.3 is 10.7 Å². The monoisotopic (exact) mass is 295 g/mol. The van der Waals surface area contributed by atoms with Crippen LogP contribution in [0.25, 0.3) is 10.9 Å². The first-order valence-electron chi connectivity index (χ1n) is 6.51. The van der Waals surface area contributed by atoms with Crippen molar-refractivity contribution in [3.63, 3.8) is 0 Å². The van der Waals surface area contributed by atoms with E-state index < -0.39 is 5.91 Å². The number of fused-ring (bicyclic) bond motifs is 1. The predicted octanol–water partition coefficient (Wildman–Crippen LogP) is 1.04. The van der Waals surface area contributed by atoms with Crippen LogP contribution in [0.2, 0.25) is 0 Å². The summed E-state index contributed by atoms with van der Waals surface area (Å²) in [6.07, 6.45) is 2.79. The minimum atomic E-state index is -0.434. The number of nitrogens with zero attached hydrogens (tertiary/aromatic N) is 4. The lowest BCUT2D eigenvalue weighted by atomic mass is 10.2. The molecule has 3 aromatic rings. The molecule has 22 heavy (non-hydrogen) atoms. The Morgan fingerprint density at radius 1 is 1.32 bits per heavy atom. The van der Waals surface area contributed by atoms with E-state index in [1.54, 1.807) is 0 Å². The highest BCUT2D eigenvalue weighted by Gasteiger charge is 2.09. The number of H-pyrrole nitrogens is 1. The molecule has 4 N–H and O–H groups in total. The number of nitrogens with one attached hydrogen (secondary N) is 2. The van der Waals surface area contributed by atoms with Crippen molar-refractivity contribution < 1.29 is 4.79 Å². The molecule has 2 aromatic heterocycles. The molecule has 0 aliphatic carbocycles. The first kappa shape index (κ1) is 13.7. The molecule has 0 unspecified atom stereocenters. The van der Waals surface area contributed by atoms with Crippen molar-refractivity contribution in [2.24, 2.45) is 10.7 Å². The van der Waals surface area contributed by atoms with E-state index in [9.17, 15) is 4.79 Å². The van der Waals surface area contributed by atoms with Crippen molar-refractivity contribution in [3.8, 4) is 0 Å². The van der Waals surface area contributed by atoms with Crippen LogP contribution < -0.4 is 11.1 Å². The molecule has 1 amide bonds. The summed E-state index contributed by atoms with van der Waals surface area (Å²) < 4.78 is 0. The van der Waals surface area contributed by atoms with Crippen LogP contribution in [0.5, 0.6) is 0 Å².